The van der Waals surface area contributed by atoms with Gasteiger partial charge >= 0.3 is 0 Å². The fourth-order valence-corrected chi connectivity index (χ4v) is 4.24. The van der Waals surface area contributed by atoms with E-state index in [1.165, 1.54) is 11.8 Å². The molecule has 0 aliphatic carbocycles. The Hall–Kier alpha value is -1.57. The largest absolute Gasteiger partial charge is 0.339 e. The van der Waals surface area contributed by atoms with Crippen molar-refractivity contribution >= 4 is 40.2 Å². The summed E-state index contributed by atoms with van der Waals surface area (Å²) in [6.07, 6.45) is 0.876. The Balaban J connectivity index is 1.84. The molecule has 28 heavy (non-hydrogen) atoms. The highest BCUT2D eigenvalue weighted by Gasteiger charge is 2.20. The van der Waals surface area contributed by atoms with Gasteiger partial charge in [0.1, 0.15) is 0 Å². The van der Waals surface area contributed by atoms with Crippen molar-refractivity contribution in [3.8, 4) is 0 Å². The number of piperazine rings is 1. The van der Waals surface area contributed by atoms with Crippen LogP contribution >= 0.6 is 23.4 Å². The zero-order chi connectivity index (χ0) is 20.3. The van der Waals surface area contributed by atoms with E-state index in [0.717, 1.165) is 32.6 Å². The number of carbonyl (C=O) groups is 1. The van der Waals surface area contributed by atoms with Crippen molar-refractivity contribution in [1.82, 2.24) is 19.4 Å². The van der Waals surface area contributed by atoms with Crippen LogP contribution in [0.2, 0.25) is 5.02 Å². The van der Waals surface area contributed by atoms with Crippen molar-refractivity contribution in [3.05, 3.63) is 33.6 Å². The maximum Gasteiger partial charge on any atom is 0.262 e. The monoisotopic (exact) mass is 422 g/mol. The summed E-state index contributed by atoms with van der Waals surface area (Å²) >= 11 is 7.43. The number of benzene rings is 1. The van der Waals surface area contributed by atoms with Crippen LogP contribution in [-0.2, 0) is 11.3 Å². The maximum atomic E-state index is 13.0. The summed E-state index contributed by atoms with van der Waals surface area (Å²) in [4.78, 5) is 34.4. The molecule has 1 aliphatic heterocycles. The Morgan fingerprint density at radius 2 is 1.96 bits per heavy atom. The molecule has 0 spiro atoms. The van der Waals surface area contributed by atoms with Crippen molar-refractivity contribution in [2.75, 3.05) is 39.0 Å². The Bertz CT molecular complexity index is 907. The maximum absolute atomic E-state index is 13.0. The summed E-state index contributed by atoms with van der Waals surface area (Å²) in [6.45, 7) is 8.12. The minimum Gasteiger partial charge on any atom is -0.339 e. The molecule has 1 aromatic carbocycles. The predicted octanol–water partition coefficient (Wildman–Crippen LogP) is 2.96. The van der Waals surface area contributed by atoms with Gasteiger partial charge in [-0.3, -0.25) is 14.2 Å². The van der Waals surface area contributed by atoms with Gasteiger partial charge in [0, 0.05) is 37.7 Å². The summed E-state index contributed by atoms with van der Waals surface area (Å²) in [7, 11) is 2.06. The third-order valence-electron chi connectivity index (χ3n) is 4.99. The van der Waals surface area contributed by atoms with Gasteiger partial charge in [-0.1, -0.05) is 37.2 Å². The smallest absolute Gasteiger partial charge is 0.262 e. The number of rotatable bonds is 6. The molecule has 2 aromatic rings. The number of carbonyl (C=O) groups excluding carboxylic acids is 1. The second kappa shape index (κ2) is 9.29. The topological polar surface area (TPSA) is 58.4 Å². The van der Waals surface area contributed by atoms with Gasteiger partial charge in [0.15, 0.2) is 5.16 Å². The van der Waals surface area contributed by atoms with Gasteiger partial charge in [-0.15, -0.1) is 0 Å². The van der Waals surface area contributed by atoms with E-state index in [-0.39, 0.29) is 17.2 Å². The minimum atomic E-state index is -0.0723. The number of thioether (sulfide) groups is 1. The van der Waals surface area contributed by atoms with E-state index in [4.69, 9.17) is 11.6 Å². The van der Waals surface area contributed by atoms with E-state index in [1.807, 2.05) is 4.90 Å². The van der Waals surface area contributed by atoms with Crippen molar-refractivity contribution in [2.24, 2.45) is 5.92 Å². The molecule has 1 fully saturated rings. The number of hydrogen-bond donors (Lipinski definition) is 0. The van der Waals surface area contributed by atoms with Crippen LogP contribution in [0.25, 0.3) is 10.9 Å². The van der Waals surface area contributed by atoms with Crippen LogP contribution in [0.1, 0.15) is 20.3 Å². The average Bonchev–Trinajstić information content (AvgIpc) is 2.65. The molecule has 0 N–H and O–H groups in total. The summed E-state index contributed by atoms with van der Waals surface area (Å²) in [5.74, 6) is 0.843. The molecule has 2 heterocycles. The molecule has 152 valence electrons. The lowest BCUT2D eigenvalue weighted by atomic mass is 10.1. The fourth-order valence-electron chi connectivity index (χ4n) is 3.14. The Labute approximate surface area is 174 Å². The summed E-state index contributed by atoms with van der Waals surface area (Å²) in [5, 5.41) is 1.69. The van der Waals surface area contributed by atoms with Crippen LogP contribution in [0.3, 0.4) is 0 Å². The van der Waals surface area contributed by atoms with Gasteiger partial charge in [0.2, 0.25) is 5.91 Å². The molecule has 8 heteroatoms. The molecule has 0 bridgehead atoms. The summed E-state index contributed by atoms with van der Waals surface area (Å²) in [6, 6.07) is 5.14. The number of likely N-dealkylation sites (N-methyl/N-ethyl adjacent to an activating group) is 1. The molecule has 1 saturated heterocycles. The number of aromatic nitrogens is 2. The van der Waals surface area contributed by atoms with Gasteiger partial charge in [0.25, 0.3) is 5.56 Å². The van der Waals surface area contributed by atoms with Crippen molar-refractivity contribution in [1.29, 1.82) is 0 Å². The number of amides is 1. The molecule has 0 atom stereocenters. The van der Waals surface area contributed by atoms with Crippen molar-refractivity contribution in [2.45, 2.75) is 32.0 Å². The lowest BCUT2D eigenvalue weighted by molar-refractivity contribution is -0.129. The Kier molecular flexibility index (Phi) is 7.01. The molecule has 0 unspecified atom stereocenters. The fraction of sp³-hybridized carbons (Fsp3) is 0.550. The quantitative estimate of drug-likeness (QED) is 0.529. The number of fused-ring (bicyclic) bond motifs is 1. The van der Waals surface area contributed by atoms with Crippen LogP contribution in [0, 0.1) is 5.92 Å². The zero-order valence-electron chi connectivity index (χ0n) is 16.7. The number of hydrogen-bond acceptors (Lipinski definition) is 5. The van der Waals surface area contributed by atoms with E-state index >= 15 is 0 Å². The molecule has 1 amide bonds. The first kappa shape index (κ1) is 21.1. The Morgan fingerprint density at radius 3 is 2.64 bits per heavy atom. The van der Waals surface area contributed by atoms with Crippen LogP contribution in [0.15, 0.2) is 28.2 Å². The molecule has 6 nitrogen and oxygen atoms in total. The molecule has 1 aliphatic rings. The zero-order valence-corrected chi connectivity index (χ0v) is 18.2. The lowest BCUT2D eigenvalue weighted by Crippen LogP contribution is -2.47. The molecule has 1 aromatic heterocycles. The second-order valence-corrected chi connectivity index (χ2v) is 9.05. The summed E-state index contributed by atoms with van der Waals surface area (Å²) in [5.41, 5.74) is 0.504. The van der Waals surface area contributed by atoms with Crippen LogP contribution in [0.4, 0.5) is 0 Å². The standard InChI is InChI=1S/C20H27ClN4O2S/c1-14(2)6-7-25-19(27)16-5-4-15(21)12-17(16)22-20(25)28-13-18(26)24-10-8-23(3)9-11-24/h4-5,12,14H,6-11,13H2,1-3H3. The lowest BCUT2D eigenvalue weighted by Gasteiger charge is -2.32. The second-order valence-electron chi connectivity index (χ2n) is 7.67. The SMILES string of the molecule is CC(C)CCn1c(SCC(=O)N2CCN(C)CC2)nc2cc(Cl)ccc2c1=O. The third kappa shape index (κ3) is 5.07. The molecular formula is C20H27ClN4O2S. The first-order valence-electron chi connectivity index (χ1n) is 9.64. The highest BCUT2D eigenvalue weighted by molar-refractivity contribution is 7.99. The molecule has 3 rings (SSSR count). The van der Waals surface area contributed by atoms with E-state index in [1.54, 1.807) is 22.8 Å². The first-order valence-corrected chi connectivity index (χ1v) is 11.0. The molecular weight excluding hydrogens is 396 g/mol. The van der Waals surface area contributed by atoms with Crippen LogP contribution in [-0.4, -0.2) is 64.2 Å². The van der Waals surface area contributed by atoms with E-state index in [0.29, 0.717) is 33.5 Å². The average molecular weight is 423 g/mol. The minimum absolute atomic E-state index is 0.0723. The molecule has 0 saturated carbocycles. The van der Waals surface area contributed by atoms with Crippen molar-refractivity contribution in [3.63, 3.8) is 0 Å². The number of halogens is 1. The predicted molar refractivity (Wildman–Crippen MR) is 115 cm³/mol. The first-order chi connectivity index (χ1) is 13.3. The van der Waals surface area contributed by atoms with Gasteiger partial charge in [-0.2, -0.15) is 0 Å². The number of nitrogens with zero attached hydrogens (tertiary/aromatic N) is 4. The van der Waals surface area contributed by atoms with E-state index in [2.05, 4.69) is 30.8 Å². The highest BCUT2D eigenvalue weighted by atomic mass is 35.5. The third-order valence-corrected chi connectivity index (χ3v) is 6.19. The highest BCUT2D eigenvalue weighted by Crippen LogP contribution is 2.22. The van der Waals surface area contributed by atoms with E-state index < -0.39 is 0 Å². The van der Waals surface area contributed by atoms with Crippen molar-refractivity contribution < 1.29 is 4.79 Å². The van der Waals surface area contributed by atoms with Gasteiger partial charge < -0.3 is 9.80 Å². The van der Waals surface area contributed by atoms with Gasteiger partial charge in [-0.05, 0) is 37.6 Å². The van der Waals surface area contributed by atoms with Crippen LogP contribution < -0.4 is 5.56 Å². The van der Waals surface area contributed by atoms with Gasteiger partial charge in [0.05, 0.1) is 16.7 Å². The molecule has 0 radical (unpaired) electrons. The van der Waals surface area contributed by atoms with Gasteiger partial charge in [-0.25, -0.2) is 4.98 Å². The van der Waals surface area contributed by atoms with E-state index in [9.17, 15) is 9.59 Å². The summed E-state index contributed by atoms with van der Waals surface area (Å²) < 4.78 is 1.71. The van der Waals surface area contributed by atoms with Crippen LogP contribution in [0.5, 0.6) is 0 Å². The normalized spacial score (nSPS) is 15.5. The Morgan fingerprint density at radius 1 is 1.25 bits per heavy atom.